The first kappa shape index (κ1) is 20.7. The molecule has 0 saturated heterocycles. The fraction of sp³-hybridized carbons (Fsp3) is 0.292. The minimum atomic E-state index is -1.32. The molecule has 1 N–H and O–H groups in total. The summed E-state index contributed by atoms with van der Waals surface area (Å²) in [5, 5.41) is 14.6. The van der Waals surface area contributed by atoms with Crippen LogP contribution in [0.2, 0.25) is 0 Å². The number of fused-ring (bicyclic) bond motifs is 1. The van der Waals surface area contributed by atoms with E-state index in [9.17, 15) is 9.90 Å². The largest absolute Gasteiger partial charge is 0.478 e. The summed E-state index contributed by atoms with van der Waals surface area (Å²) >= 11 is 0. The van der Waals surface area contributed by atoms with E-state index in [1.807, 2.05) is 54.1 Å². The Balaban J connectivity index is 1.46. The van der Waals surface area contributed by atoms with Gasteiger partial charge in [0, 0.05) is 12.1 Å². The third-order valence-corrected chi connectivity index (χ3v) is 5.22. The summed E-state index contributed by atoms with van der Waals surface area (Å²) in [7, 11) is 0. The van der Waals surface area contributed by atoms with Crippen molar-refractivity contribution in [3.63, 3.8) is 0 Å². The maximum absolute atomic E-state index is 11.4. The van der Waals surface area contributed by atoms with Crippen LogP contribution in [0.4, 0.5) is 0 Å². The second kappa shape index (κ2) is 8.26. The van der Waals surface area contributed by atoms with E-state index < -0.39 is 11.6 Å². The van der Waals surface area contributed by atoms with Crippen LogP contribution in [0.15, 0.2) is 59.1 Å². The normalized spacial score (nSPS) is 11.7. The van der Waals surface area contributed by atoms with Gasteiger partial charge in [-0.15, -0.1) is 0 Å². The highest BCUT2D eigenvalue weighted by molar-refractivity contribution is 5.86. The molecule has 31 heavy (non-hydrogen) atoms. The van der Waals surface area contributed by atoms with Crippen LogP contribution in [-0.4, -0.2) is 31.4 Å². The number of benzene rings is 2. The Morgan fingerprint density at radius 2 is 1.94 bits per heavy atom. The minimum Gasteiger partial charge on any atom is -0.478 e. The van der Waals surface area contributed by atoms with Gasteiger partial charge in [-0.3, -0.25) is 4.68 Å². The number of oxazole rings is 1. The van der Waals surface area contributed by atoms with Gasteiger partial charge < -0.3 is 14.3 Å². The van der Waals surface area contributed by atoms with Crippen molar-refractivity contribution in [3.8, 4) is 17.2 Å². The number of nitrogens with zero attached hydrogens (tertiary/aromatic N) is 3. The highest BCUT2D eigenvalue weighted by Crippen LogP contribution is 2.29. The number of ether oxygens (including phenoxy) is 1. The Hall–Kier alpha value is -3.61. The zero-order valence-electron chi connectivity index (χ0n) is 17.8. The van der Waals surface area contributed by atoms with Crippen LogP contribution in [0.3, 0.4) is 0 Å². The van der Waals surface area contributed by atoms with Crippen molar-refractivity contribution >= 4 is 16.9 Å². The number of carbonyl (C=O) groups is 1. The molecule has 7 nitrogen and oxygen atoms in total. The lowest BCUT2D eigenvalue weighted by molar-refractivity contribution is -0.152. The molecule has 0 aliphatic rings. The summed E-state index contributed by atoms with van der Waals surface area (Å²) < 4.78 is 13.5. The van der Waals surface area contributed by atoms with E-state index in [2.05, 4.69) is 10.1 Å². The summed E-state index contributed by atoms with van der Waals surface area (Å²) in [6.45, 7) is 5.69. The number of hydrogen-bond donors (Lipinski definition) is 1. The molecule has 0 unspecified atom stereocenters. The lowest BCUT2D eigenvalue weighted by Gasteiger charge is -2.21. The van der Waals surface area contributed by atoms with Gasteiger partial charge in [-0.05, 0) is 57.9 Å². The van der Waals surface area contributed by atoms with Crippen LogP contribution in [0.1, 0.15) is 31.7 Å². The van der Waals surface area contributed by atoms with Gasteiger partial charge in [0.15, 0.2) is 5.60 Å². The molecule has 0 radical (unpaired) electrons. The first-order chi connectivity index (χ1) is 14.8. The third-order valence-electron chi connectivity index (χ3n) is 5.22. The maximum atomic E-state index is 11.4. The molecule has 160 valence electrons. The molecule has 0 bridgehead atoms. The Labute approximate surface area is 180 Å². The van der Waals surface area contributed by atoms with Crippen molar-refractivity contribution in [2.45, 2.75) is 45.8 Å². The van der Waals surface area contributed by atoms with Gasteiger partial charge in [0.2, 0.25) is 5.89 Å². The molecular weight excluding hydrogens is 394 g/mol. The third kappa shape index (κ3) is 4.30. The highest BCUT2D eigenvalue weighted by atomic mass is 16.5. The molecule has 2 aromatic carbocycles. The number of aromatic nitrogens is 3. The SMILES string of the molecule is Cc1oc(-c2ccccc2)nc1CCCn1ncc2c(OC(C)(C)C(=O)O)cccc21. The molecule has 0 aliphatic heterocycles. The van der Waals surface area contributed by atoms with Crippen molar-refractivity contribution < 1.29 is 19.1 Å². The Morgan fingerprint density at radius 3 is 2.68 bits per heavy atom. The number of aryl methyl sites for hydroxylation is 3. The molecule has 0 fully saturated rings. The van der Waals surface area contributed by atoms with Gasteiger partial charge in [-0.25, -0.2) is 9.78 Å². The molecule has 4 rings (SSSR count). The van der Waals surface area contributed by atoms with Crippen LogP contribution in [0.5, 0.6) is 5.75 Å². The number of rotatable bonds is 8. The monoisotopic (exact) mass is 419 g/mol. The molecule has 2 aromatic heterocycles. The van der Waals surface area contributed by atoms with Crippen molar-refractivity contribution in [2.24, 2.45) is 0 Å². The molecule has 0 atom stereocenters. The average Bonchev–Trinajstić information content (AvgIpc) is 3.33. The first-order valence-corrected chi connectivity index (χ1v) is 10.2. The number of carboxylic acid groups (broad SMARTS) is 1. The molecular formula is C24H25N3O4. The second-order valence-corrected chi connectivity index (χ2v) is 7.97. The highest BCUT2D eigenvalue weighted by Gasteiger charge is 2.30. The van der Waals surface area contributed by atoms with Crippen LogP contribution in [0, 0.1) is 6.92 Å². The Morgan fingerprint density at radius 1 is 1.16 bits per heavy atom. The molecule has 4 aromatic rings. The van der Waals surface area contributed by atoms with Crippen LogP contribution >= 0.6 is 0 Å². The fourth-order valence-corrected chi connectivity index (χ4v) is 3.42. The van der Waals surface area contributed by atoms with E-state index in [0.29, 0.717) is 18.2 Å². The Kier molecular flexibility index (Phi) is 5.50. The van der Waals surface area contributed by atoms with Crippen molar-refractivity contribution in [1.29, 1.82) is 0 Å². The number of aliphatic carboxylic acids is 1. The number of carboxylic acids is 1. The standard InChI is InChI=1S/C24H25N3O4/c1-16-19(26-22(30-16)17-9-5-4-6-10-17)11-8-14-27-20-12-7-13-21(18(20)15-25-27)31-24(2,3)23(28)29/h4-7,9-10,12-13,15H,8,11,14H2,1-3H3,(H,28,29). The van der Waals surface area contributed by atoms with Gasteiger partial charge in [-0.2, -0.15) is 5.10 Å². The van der Waals surface area contributed by atoms with Crippen molar-refractivity contribution in [1.82, 2.24) is 14.8 Å². The van der Waals surface area contributed by atoms with E-state index >= 15 is 0 Å². The molecule has 2 heterocycles. The Bertz CT molecular complexity index is 1210. The number of hydrogen-bond acceptors (Lipinski definition) is 5. The lowest BCUT2D eigenvalue weighted by atomic mass is 10.1. The maximum Gasteiger partial charge on any atom is 0.347 e. The predicted molar refractivity (Wildman–Crippen MR) is 117 cm³/mol. The van der Waals surface area contributed by atoms with Crippen LogP contribution < -0.4 is 4.74 Å². The van der Waals surface area contributed by atoms with Gasteiger partial charge in [0.1, 0.15) is 11.5 Å². The smallest absolute Gasteiger partial charge is 0.347 e. The van der Waals surface area contributed by atoms with E-state index in [1.54, 1.807) is 12.3 Å². The van der Waals surface area contributed by atoms with Gasteiger partial charge in [-0.1, -0.05) is 24.3 Å². The minimum absolute atomic E-state index is 0.510. The predicted octanol–water partition coefficient (Wildman–Crippen LogP) is 4.87. The average molecular weight is 419 g/mol. The summed E-state index contributed by atoms with van der Waals surface area (Å²) in [5.74, 6) is 0.960. The molecule has 0 spiro atoms. The summed E-state index contributed by atoms with van der Waals surface area (Å²) in [5.41, 5.74) is 1.49. The van der Waals surface area contributed by atoms with Gasteiger partial charge in [0.25, 0.3) is 0 Å². The van der Waals surface area contributed by atoms with Crippen molar-refractivity contribution in [2.75, 3.05) is 0 Å². The van der Waals surface area contributed by atoms with Gasteiger partial charge >= 0.3 is 5.97 Å². The molecule has 0 saturated carbocycles. The van der Waals surface area contributed by atoms with Crippen LogP contribution in [0.25, 0.3) is 22.4 Å². The molecule has 0 amide bonds. The first-order valence-electron chi connectivity index (χ1n) is 10.2. The van der Waals surface area contributed by atoms with E-state index in [1.165, 1.54) is 13.8 Å². The van der Waals surface area contributed by atoms with E-state index in [-0.39, 0.29) is 0 Å². The summed E-state index contributed by atoms with van der Waals surface area (Å²) in [4.78, 5) is 16.1. The second-order valence-electron chi connectivity index (χ2n) is 7.97. The topological polar surface area (TPSA) is 90.4 Å². The zero-order valence-corrected chi connectivity index (χ0v) is 17.8. The lowest BCUT2D eigenvalue weighted by Crippen LogP contribution is -2.37. The van der Waals surface area contributed by atoms with Crippen LogP contribution in [-0.2, 0) is 17.8 Å². The molecule has 7 heteroatoms. The van der Waals surface area contributed by atoms with E-state index in [0.717, 1.165) is 40.8 Å². The summed E-state index contributed by atoms with van der Waals surface area (Å²) in [6, 6.07) is 15.4. The fourth-order valence-electron chi connectivity index (χ4n) is 3.42. The quantitative estimate of drug-likeness (QED) is 0.438. The van der Waals surface area contributed by atoms with Crippen molar-refractivity contribution in [3.05, 3.63) is 66.2 Å². The zero-order chi connectivity index (χ0) is 22.0. The van der Waals surface area contributed by atoms with E-state index in [4.69, 9.17) is 9.15 Å². The van der Waals surface area contributed by atoms with Gasteiger partial charge in [0.05, 0.1) is 22.8 Å². The summed E-state index contributed by atoms with van der Waals surface area (Å²) in [6.07, 6.45) is 3.33. The molecule has 0 aliphatic carbocycles.